The van der Waals surface area contributed by atoms with Gasteiger partial charge in [-0.2, -0.15) is 0 Å². The van der Waals surface area contributed by atoms with Gasteiger partial charge < -0.3 is 23.7 Å². The highest BCUT2D eigenvalue weighted by molar-refractivity contribution is 5.52. The monoisotopic (exact) mass is 470 g/mol. The summed E-state index contributed by atoms with van der Waals surface area (Å²) in [7, 11) is 6.60. The van der Waals surface area contributed by atoms with Crippen LogP contribution >= 0.6 is 0 Å². The van der Waals surface area contributed by atoms with E-state index in [9.17, 15) is 0 Å². The Morgan fingerprint density at radius 2 is 0.714 bits per heavy atom. The van der Waals surface area contributed by atoms with Crippen molar-refractivity contribution < 1.29 is 23.7 Å². The summed E-state index contributed by atoms with van der Waals surface area (Å²) in [5.74, 6) is 2.71. The highest BCUT2D eigenvalue weighted by atomic mass is 16.5. The normalized spacial score (nSPS) is 12.5. The zero-order chi connectivity index (χ0) is 24.6. The summed E-state index contributed by atoms with van der Waals surface area (Å²) in [6.45, 7) is 0. The van der Waals surface area contributed by atoms with E-state index in [1.807, 2.05) is 97.1 Å². The third-order valence-corrected chi connectivity index (χ3v) is 5.93. The molecule has 2 unspecified atom stereocenters. The quantitative estimate of drug-likeness (QED) is 0.261. The summed E-state index contributed by atoms with van der Waals surface area (Å²) in [6.07, 6.45) is -1.02. The van der Waals surface area contributed by atoms with Gasteiger partial charge >= 0.3 is 0 Å². The smallest absolute Gasteiger partial charge is 0.128 e. The first-order chi connectivity index (χ1) is 17.2. The van der Waals surface area contributed by atoms with Crippen LogP contribution in [0, 0.1) is 0 Å². The van der Waals surface area contributed by atoms with E-state index in [1.165, 1.54) is 0 Å². The molecule has 0 saturated carbocycles. The van der Waals surface area contributed by atoms with Crippen LogP contribution in [-0.4, -0.2) is 28.4 Å². The Balaban J connectivity index is 1.95. The van der Waals surface area contributed by atoms with Crippen molar-refractivity contribution in [3.8, 4) is 23.0 Å². The Bertz CT molecular complexity index is 1080. The zero-order valence-corrected chi connectivity index (χ0v) is 20.4. The molecule has 0 bridgehead atoms. The van der Waals surface area contributed by atoms with Crippen molar-refractivity contribution >= 4 is 0 Å². The Hall–Kier alpha value is -3.96. The van der Waals surface area contributed by atoms with Crippen LogP contribution < -0.4 is 18.9 Å². The van der Waals surface area contributed by atoms with Crippen LogP contribution in [-0.2, 0) is 4.74 Å². The summed E-state index contributed by atoms with van der Waals surface area (Å²) in [5.41, 5.74) is 3.53. The van der Waals surface area contributed by atoms with Crippen molar-refractivity contribution in [1.82, 2.24) is 0 Å². The third-order valence-electron chi connectivity index (χ3n) is 5.93. The molecule has 0 fully saturated rings. The molecule has 5 heteroatoms. The van der Waals surface area contributed by atoms with E-state index < -0.39 is 12.2 Å². The lowest BCUT2D eigenvalue weighted by molar-refractivity contribution is 0.0257. The predicted molar refractivity (Wildman–Crippen MR) is 137 cm³/mol. The Labute approximate surface area is 206 Å². The van der Waals surface area contributed by atoms with Crippen LogP contribution in [0.5, 0.6) is 23.0 Å². The van der Waals surface area contributed by atoms with Gasteiger partial charge in [0.2, 0.25) is 0 Å². The molecule has 180 valence electrons. The molecule has 0 spiro atoms. The predicted octanol–water partition coefficient (Wildman–Crippen LogP) is 6.62. The van der Waals surface area contributed by atoms with E-state index in [1.54, 1.807) is 28.4 Å². The van der Waals surface area contributed by atoms with Gasteiger partial charge in [0, 0.05) is 0 Å². The van der Waals surface area contributed by atoms with E-state index >= 15 is 0 Å². The number of ether oxygens (including phenoxy) is 5. The molecule has 0 heterocycles. The minimum atomic E-state index is -0.512. The van der Waals surface area contributed by atoms with Crippen LogP contribution in [0.4, 0.5) is 0 Å². The largest absolute Gasteiger partial charge is 0.496 e. The van der Waals surface area contributed by atoms with Gasteiger partial charge in [-0.1, -0.05) is 72.8 Å². The topological polar surface area (TPSA) is 46.2 Å². The fraction of sp³-hybridized carbons (Fsp3) is 0.200. The standard InChI is InChI=1S/C30H30O5/c1-31-23-17-11-18-24(32-2)27(23)29(21-13-7-5-8-14-21)35-30(22-15-9-6-10-16-22)28-25(33-3)19-12-20-26(28)34-4/h5-20,29-30H,1-4H3. The maximum Gasteiger partial charge on any atom is 0.128 e. The third kappa shape index (κ3) is 5.10. The molecule has 0 aliphatic rings. The molecule has 0 N–H and O–H groups in total. The van der Waals surface area contributed by atoms with Crippen molar-refractivity contribution in [1.29, 1.82) is 0 Å². The minimum Gasteiger partial charge on any atom is -0.496 e. The van der Waals surface area contributed by atoms with Gasteiger partial charge in [0.15, 0.2) is 0 Å². The number of benzene rings is 4. The SMILES string of the molecule is COc1cccc(OC)c1C(OC(c1ccccc1)c1c(OC)cccc1OC)c1ccccc1. The minimum absolute atomic E-state index is 0.512. The first kappa shape index (κ1) is 24.2. The van der Waals surface area contributed by atoms with Crippen LogP contribution in [0.15, 0.2) is 97.1 Å². The molecule has 0 aromatic heterocycles. The number of hydrogen-bond donors (Lipinski definition) is 0. The van der Waals surface area contributed by atoms with Crippen molar-refractivity contribution in [3.63, 3.8) is 0 Å². The van der Waals surface area contributed by atoms with E-state index in [0.29, 0.717) is 23.0 Å². The highest BCUT2D eigenvalue weighted by Gasteiger charge is 2.31. The maximum absolute atomic E-state index is 7.04. The molecule has 0 amide bonds. The number of methoxy groups -OCH3 is 4. The summed E-state index contributed by atoms with van der Waals surface area (Å²) in [6, 6.07) is 31.6. The lowest BCUT2D eigenvalue weighted by atomic mass is 9.96. The van der Waals surface area contributed by atoms with Crippen LogP contribution in [0.25, 0.3) is 0 Å². The Morgan fingerprint density at radius 3 is 1.00 bits per heavy atom. The average Bonchev–Trinajstić information content (AvgIpc) is 2.94. The first-order valence-electron chi connectivity index (χ1n) is 11.4. The summed E-state index contributed by atoms with van der Waals surface area (Å²) in [5, 5.41) is 0. The van der Waals surface area contributed by atoms with Crippen molar-refractivity contribution in [2.75, 3.05) is 28.4 Å². The van der Waals surface area contributed by atoms with Gasteiger partial charge in [0.1, 0.15) is 35.2 Å². The van der Waals surface area contributed by atoms with Crippen LogP contribution in [0.3, 0.4) is 0 Å². The summed E-state index contributed by atoms with van der Waals surface area (Å²) >= 11 is 0. The molecule has 0 aliphatic carbocycles. The molecular formula is C30H30O5. The second kappa shape index (κ2) is 11.4. The van der Waals surface area contributed by atoms with Crippen LogP contribution in [0.2, 0.25) is 0 Å². The van der Waals surface area contributed by atoms with Gasteiger partial charge in [-0.25, -0.2) is 0 Å². The van der Waals surface area contributed by atoms with Crippen molar-refractivity contribution in [2.24, 2.45) is 0 Å². The number of rotatable bonds is 10. The van der Waals surface area contributed by atoms with Crippen LogP contribution in [0.1, 0.15) is 34.5 Å². The average molecular weight is 471 g/mol. The molecule has 4 rings (SSSR count). The van der Waals surface area contributed by atoms with E-state index in [4.69, 9.17) is 23.7 Å². The molecule has 5 nitrogen and oxygen atoms in total. The van der Waals surface area contributed by atoms with Gasteiger partial charge in [-0.15, -0.1) is 0 Å². The second-order valence-corrected chi connectivity index (χ2v) is 7.87. The Kier molecular flexibility index (Phi) is 7.91. The lowest BCUT2D eigenvalue weighted by Gasteiger charge is -2.30. The van der Waals surface area contributed by atoms with Gasteiger partial charge in [-0.05, 0) is 35.4 Å². The second-order valence-electron chi connectivity index (χ2n) is 7.87. The van der Waals surface area contributed by atoms with Crippen molar-refractivity contribution in [3.05, 3.63) is 119 Å². The molecule has 35 heavy (non-hydrogen) atoms. The Morgan fingerprint density at radius 1 is 0.400 bits per heavy atom. The van der Waals surface area contributed by atoms with Crippen molar-refractivity contribution in [2.45, 2.75) is 12.2 Å². The summed E-state index contributed by atoms with van der Waals surface area (Å²) in [4.78, 5) is 0. The maximum atomic E-state index is 7.04. The van der Waals surface area contributed by atoms with E-state index in [0.717, 1.165) is 22.3 Å². The first-order valence-corrected chi connectivity index (χ1v) is 11.4. The highest BCUT2D eigenvalue weighted by Crippen LogP contribution is 2.46. The fourth-order valence-corrected chi connectivity index (χ4v) is 4.29. The molecular weight excluding hydrogens is 440 g/mol. The zero-order valence-electron chi connectivity index (χ0n) is 20.4. The molecule has 0 aliphatic heterocycles. The lowest BCUT2D eigenvalue weighted by Crippen LogP contribution is -2.16. The van der Waals surface area contributed by atoms with E-state index in [-0.39, 0.29) is 0 Å². The van der Waals surface area contributed by atoms with E-state index in [2.05, 4.69) is 0 Å². The molecule has 4 aromatic rings. The van der Waals surface area contributed by atoms with Gasteiger partial charge in [0.05, 0.1) is 39.6 Å². The number of hydrogen-bond acceptors (Lipinski definition) is 5. The molecule has 2 atom stereocenters. The molecule has 4 aromatic carbocycles. The summed E-state index contributed by atoms with van der Waals surface area (Å²) < 4.78 is 30.1. The molecule has 0 saturated heterocycles. The van der Waals surface area contributed by atoms with Gasteiger partial charge in [0.25, 0.3) is 0 Å². The fourth-order valence-electron chi connectivity index (χ4n) is 4.29. The molecule has 0 radical (unpaired) electrons. The van der Waals surface area contributed by atoms with Gasteiger partial charge in [-0.3, -0.25) is 0 Å².